The molecule has 0 aliphatic heterocycles. The SMILES string of the molecule is [c]1ccc(CCCOCCOC2CC2)cc1. The number of hydrogen-bond donors (Lipinski definition) is 0. The summed E-state index contributed by atoms with van der Waals surface area (Å²) in [5.41, 5.74) is 1.36. The summed E-state index contributed by atoms with van der Waals surface area (Å²) in [6.07, 6.45) is 5.19. The van der Waals surface area contributed by atoms with Crippen LogP contribution >= 0.6 is 0 Å². The largest absolute Gasteiger partial charge is 0.379 e. The molecule has 0 spiro atoms. The Balaban J connectivity index is 1.42. The molecule has 87 valence electrons. The van der Waals surface area contributed by atoms with Crippen LogP contribution in [-0.2, 0) is 15.9 Å². The molecule has 0 saturated heterocycles. The second-order valence-electron chi connectivity index (χ2n) is 4.19. The van der Waals surface area contributed by atoms with Crippen LogP contribution in [0.4, 0.5) is 0 Å². The first-order valence-electron chi connectivity index (χ1n) is 6.09. The minimum absolute atomic E-state index is 0.546. The van der Waals surface area contributed by atoms with Crippen molar-refractivity contribution in [1.29, 1.82) is 0 Å². The van der Waals surface area contributed by atoms with E-state index in [-0.39, 0.29) is 0 Å². The van der Waals surface area contributed by atoms with Gasteiger partial charge in [-0.2, -0.15) is 0 Å². The average molecular weight is 219 g/mol. The molecule has 0 atom stereocenters. The topological polar surface area (TPSA) is 18.5 Å². The van der Waals surface area contributed by atoms with Gasteiger partial charge >= 0.3 is 0 Å². The van der Waals surface area contributed by atoms with E-state index in [1.54, 1.807) is 0 Å². The molecule has 0 heterocycles. The van der Waals surface area contributed by atoms with Gasteiger partial charge in [-0.3, -0.25) is 0 Å². The third-order valence-corrected chi connectivity index (χ3v) is 2.65. The first-order chi connectivity index (χ1) is 7.95. The zero-order chi connectivity index (χ0) is 11.1. The Morgan fingerprint density at radius 2 is 1.94 bits per heavy atom. The quantitative estimate of drug-likeness (QED) is 0.626. The Hall–Kier alpha value is -0.860. The molecule has 2 heteroatoms. The van der Waals surface area contributed by atoms with Gasteiger partial charge in [0.15, 0.2) is 0 Å². The smallest absolute Gasteiger partial charge is 0.0704 e. The summed E-state index contributed by atoms with van der Waals surface area (Å²) in [7, 11) is 0. The van der Waals surface area contributed by atoms with Gasteiger partial charge in [-0.15, -0.1) is 0 Å². The van der Waals surface area contributed by atoms with Crippen LogP contribution in [0.3, 0.4) is 0 Å². The van der Waals surface area contributed by atoms with Gasteiger partial charge in [-0.1, -0.05) is 24.3 Å². The zero-order valence-electron chi connectivity index (χ0n) is 9.65. The molecule has 1 aromatic carbocycles. The van der Waals surface area contributed by atoms with Gasteiger partial charge < -0.3 is 9.47 Å². The number of rotatable bonds is 8. The van der Waals surface area contributed by atoms with E-state index in [9.17, 15) is 0 Å². The highest BCUT2D eigenvalue weighted by Gasteiger charge is 2.21. The standard InChI is InChI=1S/C14H19O2/c1-2-5-13(6-3-1)7-4-10-15-11-12-16-14-8-9-14/h2-3,5-6,14H,4,7-12H2. The maximum absolute atomic E-state index is 5.50. The predicted octanol–water partition coefficient (Wildman–Crippen LogP) is 2.61. The molecule has 0 bridgehead atoms. The summed E-state index contributed by atoms with van der Waals surface area (Å²) in [4.78, 5) is 0. The maximum Gasteiger partial charge on any atom is 0.0704 e. The Bertz CT molecular complexity index is 280. The monoisotopic (exact) mass is 219 g/mol. The van der Waals surface area contributed by atoms with Crippen molar-refractivity contribution in [2.45, 2.75) is 31.8 Å². The van der Waals surface area contributed by atoms with Gasteiger partial charge in [0.2, 0.25) is 0 Å². The van der Waals surface area contributed by atoms with Gasteiger partial charge in [0, 0.05) is 6.61 Å². The highest BCUT2D eigenvalue weighted by atomic mass is 16.5. The molecule has 0 amide bonds. The summed E-state index contributed by atoms with van der Waals surface area (Å²) in [6.45, 7) is 2.32. The van der Waals surface area contributed by atoms with E-state index in [1.807, 2.05) is 12.1 Å². The highest BCUT2D eigenvalue weighted by molar-refractivity contribution is 5.13. The van der Waals surface area contributed by atoms with Crippen LogP contribution in [0.5, 0.6) is 0 Å². The van der Waals surface area contributed by atoms with Gasteiger partial charge in [-0.05, 0) is 37.3 Å². The molecule has 1 saturated carbocycles. The van der Waals surface area contributed by atoms with Gasteiger partial charge in [0.1, 0.15) is 0 Å². The second-order valence-corrected chi connectivity index (χ2v) is 4.19. The number of ether oxygens (including phenoxy) is 2. The van der Waals surface area contributed by atoms with Crippen molar-refractivity contribution in [3.05, 3.63) is 35.9 Å². The van der Waals surface area contributed by atoms with Crippen molar-refractivity contribution < 1.29 is 9.47 Å². The van der Waals surface area contributed by atoms with Crippen molar-refractivity contribution in [3.63, 3.8) is 0 Å². The molecule has 0 aromatic heterocycles. The fraction of sp³-hybridized carbons (Fsp3) is 0.571. The summed E-state index contributed by atoms with van der Waals surface area (Å²) in [5.74, 6) is 0. The van der Waals surface area contributed by atoms with E-state index in [0.717, 1.165) is 32.7 Å². The van der Waals surface area contributed by atoms with Crippen molar-refractivity contribution in [1.82, 2.24) is 0 Å². The van der Waals surface area contributed by atoms with Crippen LogP contribution in [-0.4, -0.2) is 25.9 Å². The first kappa shape index (κ1) is 11.6. The van der Waals surface area contributed by atoms with E-state index >= 15 is 0 Å². The molecule has 2 rings (SSSR count). The van der Waals surface area contributed by atoms with E-state index < -0.39 is 0 Å². The van der Waals surface area contributed by atoms with Crippen LogP contribution < -0.4 is 0 Å². The lowest BCUT2D eigenvalue weighted by Crippen LogP contribution is -2.06. The Labute approximate surface area is 97.6 Å². The Morgan fingerprint density at radius 1 is 1.12 bits per heavy atom. The lowest BCUT2D eigenvalue weighted by Gasteiger charge is -2.04. The molecule has 1 fully saturated rings. The van der Waals surface area contributed by atoms with E-state index in [1.165, 1.54) is 18.4 Å². The zero-order valence-corrected chi connectivity index (χ0v) is 9.65. The van der Waals surface area contributed by atoms with Crippen LogP contribution in [0.2, 0.25) is 0 Å². The average Bonchev–Trinajstić information content (AvgIpc) is 3.13. The first-order valence-corrected chi connectivity index (χ1v) is 6.09. The van der Waals surface area contributed by atoms with Gasteiger partial charge in [-0.25, -0.2) is 0 Å². The van der Waals surface area contributed by atoms with Crippen molar-refractivity contribution in [3.8, 4) is 0 Å². The summed E-state index contributed by atoms with van der Waals surface area (Å²) in [6, 6.07) is 11.2. The van der Waals surface area contributed by atoms with Crippen LogP contribution in [0, 0.1) is 6.07 Å². The molecule has 0 unspecified atom stereocenters. The van der Waals surface area contributed by atoms with Crippen molar-refractivity contribution in [2.75, 3.05) is 19.8 Å². The molecular weight excluding hydrogens is 200 g/mol. The molecule has 1 aliphatic carbocycles. The summed E-state index contributed by atoms with van der Waals surface area (Å²) < 4.78 is 11.0. The summed E-state index contributed by atoms with van der Waals surface area (Å²) in [5, 5.41) is 0. The molecule has 0 N–H and O–H groups in total. The van der Waals surface area contributed by atoms with Crippen LogP contribution in [0.1, 0.15) is 24.8 Å². The Kier molecular flexibility index (Phi) is 4.84. The molecular formula is C14H19O2. The van der Waals surface area contributed by atoms with E-state index in [2.05, 4.69) is 18.2 Å². The maximum atomic E-state index is 5.50. The van der Waals surface area contributed by atoms with Crippen molar-refractivity contribution in [2.24, 2.45) is 0 Å². The fourth-order valence-electron chi connectivity index (χ4n) is 1.58. The van der Waals surface area contributed by atoms with Gasteiger partial charge in [0.05, 0.1) is 19.3 Å². The number of hydrogen-bond acceptors (Lipinski definition) is 2. The third kappa shape index (κ3) is 4.77. The van der Waals surface area contributed by atoms with E-state index in [4.69, 9.17) is 9.47 Å². The second kappa shape index (κ2) is 6.66. The minimum Gasteiger partial charge on any atom is -0.379 e. The van der Waals surface area contributed by atoms with Crippen LogP contribution in [0.25, 0.3) is 0 Å². The molecule has 1 radical (unpaired) electrons. The normalized spacial score (nSPS) is 15.2. The number of benzene rings is 1. The third-order valence-electron chi connectivity index (χ3n) is 2.65. The summed E-state index contributed by atoms with van der Waals surface area (Å²) >= 11 is 0. The molecule has 1 aromatic rings. The Morgan fingerprint density at radius 3 is 2.69 bits per heavy atom. The lowest BCUT2D eigenvalue weighted by atomic mass is 10.1. The van der Waals surface area contributed by atoms with E-state index in [0.29, 0.717) is 6.10 Å². The number of aryl methyl sites for hydroxylation is 1. The molecule has 2 nitrogen and oxygen atoms in total. The molecule has 16 heavy (non-hydrogen) atoms. The van der Waals surface area contributed by atoms with Crippen LogP contribution in [0.15, 0.2) is 24.3 Å². The highest BCUT2D eigenvalue weighted by Crippen LogP contribution is 2.22. The molecule has 1 aliphatic rings. The minimum atomic E-state index is 0.546. The fourth-order valence-corrected chi connectivity index (χ4v) is 1.58. The van der Waals surface area contributed by atoms with Crippen molar-refractivity contribution >= 4 is 0 Å². The lowest BCUT2D eigenvalue weighted by molar-refractivity contribution is 0.0395. The predicted molar refractivity (Wildman–Crippen MR) is 63.4 cm³/mol. The van der Waals surface area contributed by atoms with Gasteiger partial charge in [0.25, 0.3) is 0 Å².